The summed E-state index contributed by atoms with van der Waals surface area (Å²) in [6.45, 7) is 11.6. The van der Waals surface area contributed by atoms with Crippen molar-refractivity contribution in [2.75, 3.05) is 26.2 Å². The van der Waals surface area contributed by atoms with Crippen LogP contribution in [0.1, 0.15) is 36.8 Å². The fourth-order valence-electron chi connectivity index (χ4n) is 2.66. The Balaban J connectivity index is 2.21. The molecule has 1 N–H and O–H groups in total. The van der Waals surface area contributed by atoms with E-state index in [0.29, 0.717) is 6.04 Å². The number of piperazine rings is 1. The van der Waals surface area contributed by atoms with Crippen molar-refractivity contribution in [3.8, 4) is 0 Å². The van der Waals surface area contributed by atoms with Gasteiger partial charge < -0.3 is 5.32 Å². The summed E-state index contributed by atoms with van der Waals surface area (Å²) in [6.07, 6.45) is 1.26. The Bertz CT molecular complexity index is 342. The van der Waals surface area contributed by atoms with Crippen LogP contribution >= 0.6 is 11.3 Å². The molecule has 1 fully saturated rings. The van der Waals surface area contributed by atoms with Crippen LogP contribution in [0.3, 0.4) is 0 Å². The van der Waals surface area contributed by atoms with Gasteiger partial charge in [-0.2, -0.15) is 0 Å². The van der Waals surface area contributed by atoms with Crippen molar-refractivity contribution < 1.29 is 0 Å². The number of thiophene rings is 1. The van der Waals surface area contributed by atoms with Gasteiger partial charge >= 0.3 is 0 Å². The summed E-state index contributed by atoms with van der Waals surface area (Å²) in [7, 11) is 0. The Morgan fingerprint density at radius 2 is 2.12 bits per heavy atom. The molecule has 1 aromatic rings. The molecule has 0 saturated carbocycles. The lowest BCUT2D eigenvalue weighted by Crippen LogP contribution is -2.46. The average molecular weight is 252 g/mol. The molecule has 17 heavy (non-hydrogen) atoms. The molecule has 0 radical (unpaired) electrons. The topological polar surface area (TPSA) is 15.3 Å². The lowest BCUT2D eigenvalue weighted by atomic mass is 9.94. The molecule has 1 aliphatic heterocycles. The van der Waals surface area contributed by atoms with E-state index in [-0.39, 0.29) is 0 Å². The maximum Gasteiger partial charge on any atom is 0.0470 e. The molecule has 2 heterocycles. The van der Waals surface area contributed by atoms with Gasteiger partial charge in [0.2, 0.25) is 0 Å². The molecule has 2 atom stereocenters. The molecule has 0 aliphatic carbocycles. The van der Waals surface area contributed by atoms with Gasteiger partial charge in [-0.15, -0.1) is 11.3 Å². The second-order valence-electron chi connectivity index (χ2n) is 5.08. The van der Waals surface area contributed by atoms with Crippen LogP contribution in [0, 0.1) is 12.8 Å². The molecule has 0 amide bonds. The highest BCUT2D eigenvalue weighted by Gasteiger charge is 2.28. The molecule has 2 nitrogen and oxygen atoms in total. The normalized spacial score (nSPS) is 21.4. The van der Waals surface area contributed by atoms with Gasteiger partial charge in [0, 0.05) is 37.1 Å². The molecule has 2 rings (SSSR count). The molecule has 0 aromatic carbocycles. The van der Waals surface area contributed by atoms with Crippen LogP contribution in [-0.4, -0.2) is 31.1 Å². The first-order valence-electron chi connectivity index (χ1n) is 6.72. The Labute approximate surface area is 109 Å². The molecule has 0 spiro atoms. The van der Waals surface area contributed by atoms with Gasteiger partial charge in [-0.1, -0.05) is 20.3 Å². The molecular weight excluding hydrogens is 228 g/mol. The van der Waals surface area contributed by atoms with E-state index in [1.807, 2.05) is 11.3 Å². The van der Waals surface area contributed by atoms with E-state index >= 15 is 0 Å². The zero-order valence-electron chi connectivity index (χ0n) is 11.2. The van der Waals surface area contributed by atoms with Crippen LogP contribution < -0.4 is 5.32 Å². The van der Waals surface area contributed by atoms with Crippen LogP contribution in [-0.2, 0) is 0 Å². The first kappa shape index (κ1) is 13.1. The Hall–Kier alpha value is -0.380. The highest BCUT2D eigenvalue weighted by molar-refractivity contribution is 7.10. The van der Waals surface area contributed by atoms with E-state index in [9.17, 15) is 0 Å². The zero-order chi connectivity index (χ0) is 12.3. The zero-order valence-corrected chi connectivity index (χ0v) is 12.0. The van der Waals surface area contributed by atoms with E-state index < -0.39 is 0 Å². The lowest BCUT2D eigenvalue weighted by molar-refractivity contribution is 0.130. The fourth-order valence-corrected chi connectivity index (χ4v) is 3.85. The minimum absolute atomic E-state index is 0.627. The number of nitrogens with zero attached hydrogens (tertiary/aromatic N) is 1. The van der Waals surface area contributed by atoms with Gasteiger partial charge in [-0.3, -0.25) is 4.90 Å². The second-order valence-corrected chi connectivity index (χ2v) is 6.03. The Kier molecular flexibility index (Phi) is 4.60. The smallest absolute Gasteiger partial charge is 0.0470 e. The molecular formula is C14H24N2S. The lowest BCUT2D eigenvalue weighted by Gasteiger charge is -2.38. The predicted octanol–water partition coefficient (Wildman–Crippen LogP) is 3.05. The Morgan fingerprint density at radius 3 is 2.65 bits per heavy atom. The molecule has 1 saturated heterocycles. The van der Waals surface area contributed by atoms with Crippen molar-refractivity contribution in [3.63, 3.8) is 0 Å². The van der Waals surface area contributed by atoms with Crippen molar-refractivity contribution in [3.05, 3.63) is 21.9 Å². The minimum Gasteiger partial charge on any atom is -0.314 e. The maximum atomic E-state index is 3.45. The summed E-state index contributed by atoms with van der Waals surface area (Å²) in [5, 5.41) is 5.69. The summed E-state index contributed by atoms with van der Waals surface area (Å²) >= 11 is 1.93. The van der Waals surface area contributed by atoms with Crippen molar-refractivity contribution in [1.82, 2.24) is 10.2 Å². The van der Waals surface area contributed by atoms with E-state index in [2.05, 4.69) is 42.4 Å². The van der Waals surface area contributed by atoms with Gasteiger partial charge in [0.15, 0.2) is 0 Å². The third-order valence-corrected chi connectivity index (χ3v) is 4.99. The highest BCUT2D eigenvalue weighted by atomic mass is 32.1. The van der Waals surface area contributed by atoms with E-state index in [4.69, 9.17) is 0 Å². The molecule has 3 heteroatoms. The number of aryl methyl sites for hydroxylation is 1. The number of rotatable bonds is 4. The van der Waals surface area contributed by atoms with Crippen LogP contribution in [0.5, 0.6) is 0 Å². The monoisotopic (exact) mass is 252 g/mol. The van der Waals surface area contributed by atoms with E-state index in [1.54, 1.807) is 4.88 Å². The summed E-state index contributed by atoms with van der Waals surface area (Å²) < 4.78 is 0. The van der Waals surface area contributed by atoms with Gasteiger partial charge in [0.25, 0.3) is 0 Å². The average Bonchev–Trinajstić information content (AvgIpc) is 2.77. The molecule has 0 bridgehead atoms. The third kappa shape index (κ3) is 2.90. The van der Waals surface area contributed by atoms with Crippen LogP contribution in [0.4, 0.5) is 0 Å². The highest BCUT2D eigenvalue weighted by Crippen LogP contribution is 2.35. The van der Waals surface area contributed by atoms with Gasteiger partial charge in [0.1, 0.15) is 0 Å². The fraction of sp³-hybridized carbons (Fsp3) is 0.714. The number of hydrogen-bond acceptors (Lipinski definition) is 3. The Morgan fingerprint density at radius 1 is 1.41 bits per heavy atom. The number of nitrogens with one attached hydrogen (secondary N) is 1. The largest absolute Gasteiger partial charge is 0.314 e. The third-order valence-electron chi connectivity index (χ3n) is 3.90. The molecule has 96 valence electrons. The second kappa shape index (κ2) is 5.98. The van der Waals surface area contributed by atoms with Gasteiger partial charge in [0.05, 0.1) is 0 Å². The summed E-state index contributed by atoms with van der Waals surface area (Å²) in [5.74, 6) is 0.741. The maximum absolute atomic E-state index is 3.45. The first-order chi connectivity index (χ1) is 8.24. The first-order valence-corrected chi connectivity index (χ1v) is 7.60. The quantitative estimate of drug-likeness (QED) is 0.886. The van der Waals surface area contributed by atoms with Crippen molar-refractivity contribution in [2.24, 2.45) is 5.92 Å². The molecule has 1 aliphatic rings. The van der Waals surface area contributed by atoms with E-state index in [0.717, 1.165) is 19.0 Å². The van der Waals surface area contributed by atoms with Crippen LogP contribution in [0.25, 0.3) is 0 Å². The standard InChI is InChI=1S/C14H24N2S/c1-4-11(2)13(14-12(3)5-10-17-14)16-8-6-15-7-9-16/h5,10-11,13,15H,4,6-9H2,1-3H3/t11?,13-/m0/s1. The minimum atomic E-state index is 0.627. The van der Waals surface area contributed by atoms with Crippen molar-refractivity contribution in [1.29, 1.82) is 0 Å². The number of hydrogen-bond donors (Lipinski definition) is 1. The van der Waals surface area contributed by atoms with Gasteiger partial charge in [-0.25, -0.2) is 0 Å². The molecule has 1 unspecified atom stereocenters. The SMILES string of the molecule is CCC(C)[C@@H](c1sccc1C)N1CCNCC1. The van der Waals surface area contributed by atoms with Gasteiger partial charge in [-0.05, 0) is 29.9 Å². The summed E-state index contributed by atoms with van der Waals surface area (Å²) in [6, 6.07) is 2.89. The summed E-state index contributed by atoms with van der Waals surface area (Å²) in [5.41, 5.74) is 1.47. The van der Waals surface area contributed by atoms with Crippen molar-refractivity contribution in [2.45, 2.75) is 33.2 Å². The predicted molar refractivity (Wildman–Crippen MR) is 75.7 cm³/mol. The van der Waals surface area contributed by atoms with E-state index in [1.165, 1.54) is 25.1 Å². The van der Waals surface area contributed by atoms with Crippen molar-refractivity contribution >= 4 is 11.3 Å². The molecule has 1 aromatic heterocycles. The van der Waals surface area contributed by atoms with Crippen LogP contribution in [0.2, 0.25) is 0 Å². The summed E-state index contributed by atoms with van der Waals surface area (Å²) in [4.78, 5) is 4.25. The van der Waals surface area contributed by atoms with Crippen LogP contribution in [0.15, 0.2) is 11.4 Å².